The summed E-state index contributed by atoms with van der Waals surface area (Å²) in [7, 11) is 0. The summed E-state index contributed by atoms with van der Waals surface area (Å²) in [6.07, 6.45) is -4.50. The van der Waals surface area contributed by atoms with Gasteiger partial charge in [0.2, 0.25) is 0 Å². The lowest BCUT2D eigenvalue weighted by atomic mass is 9.89. The van der Waals surface area contributed by atoms with Crippen LogP contribution in [0.3, 0.4) is 0 Å². The number of ether oxygens (including phenoxy) is 3. The maximum Gasteiger partial charge on any atom is 0.308 e. The highest BCUT2D eigenvalue weighted by atomic mass is 16.7. The third-order valence-electron chi connectivity index (χ3n) is 3.23. The Labute approximate surface area is 126 Å². The molecule has 1 rings (SSSR count). The Morgan fingerprint density at radius 3 is 2.14 bits per heavy atom. The zero-order chi connectivity index (χ0) is 16.6. The molecule has 6 nitrogen and oxygen atoms in total. The molecule has 0 aromatic rings. The SMILES string of the molecule is CC(C)C(=O)O[C@H]1[C@H](O)[C@H](O)[C@H](OC(C)(C)C)OC1(C)C. The molecule has 6 heteroatoms. The number of esters is 1. The van der Waals surface area contributed by atoms with E-state index in [9.17, 15) is 15.0 Å². The van der Waals surface area contributed by atoms with Crippen LogP contribution in [0.2, 0.25) is 0 Å². The van der Waals surface area contributed by atoms with Crippen LogP contribution in [0.25, 0.3) is 0 Å². The topological polar surface area (TPSA) is 85.2 Å². The molecule has 0 spiro atoms. The molecule has 21 heavy (non-hydrogen) atoms. The fraction of sp³-hybridized carbons (Fsp3) is 0.933. The highest BCUT2D eigenvalue weighted by Crippen LogP contribution is 2.34. The van der Waals surface area contributed by atoms with E-state index in [-0.39, 0.29) is 5.92 Å². The minimum atomic E-state index is -1.29. The Morgan fingerprint density at radius 1 is 1.19 bits per heavy atom. The highest BCUT2D eigenvalue weighted by molar-refractivity contribution is 5.71. The molecule has 1 aliphatic rings. The van der Waals surface area contributed by atoms with Gasteiger partial charge in [0.15, 0.2) is 12.4 Å². The van der Waals surface area contributed by atoms with Gasteiger partial charge in [-0.1, -0.05) is 13.8 Å². The largest absolute Gasteiger partial charge is 0.456 e. The van der Waals surface area contributed by atoms with Gasteiger partial charge in [0, 0.05) is 0 Å². The van der Waals surface area contributed by atoms with Crippen LogP contribution in [0.4, 0.5) is 0 Å². The van der Waals surface area contributed by atoms with E-state index >= 15 is 0 Å². The van der Waals surface area contributed by atoms with E-state index in [1.54, 1.807) is 27.7 Å². The molecular weight excluding hydrogens is 276 g/mol. The first-order valence-electron chi connectivity index (χ1n) is 7.27. The Morgan fingerprint density at radius 2 is 1.71 bits per heavy atom. The Balaban J connectivity index is 2.89. The Bertz CT molecular complexity index is 371. The minimum absolute atomic E-state index is 0.325. The first-order chi connectivity index (χ1) is 9.35. The van der Waals surface area contributed by atoms with Crippen LogP contribution >= 0.6 is 0 Å². The van der Waals surface area contributed by atoms with Crippen molar-refractivity contribution in [2.75, 3.05) is 0 Å². The number of carbonyl (C=O) groups excluding carboxylic acids is 1. The van der Waals surface area contributed by atoms with Crippen LogP contribution in [-0.2, 0) is 19.0 Å². The van der Waals surface area contributed by atoms with Gasteiger partial charge in [-0.25, -0.2) is 0 Å². The molecular formula is C15H28O6. The van der Waals surface area contributed by atoms with Crippen molar-refractivity contribution in [3.05, 3.63) is 0 Å². The minimum Gasteiger partial charge on any atom is -0.456 e. The first-order valence-corrected chi connectivity index (χ1v) is 7.27. The molecule has 0 unspecified atom stereocenters. The summed E-state index contributed by atoms with van der Waals surface area (Å²) in [5.74, 6) is -0.771. The molecule has 0 amide bonds. The van der Waals surface area contributed by atoms with Gasteiger partial charge in [0.25, 0.3) is 0 Å². The van der Waals surface area contributed by atoms with Crippen molar-refractivity contribution in [1.82, 2.24) is 0 Å². The van der Waals surface area contributed by atoms with E-state index in [1.165, 1.54) is 0 Å². The van der Waals surface area contributed by atoms with Crippen LogP contribution in [0.15, 0.2) is 0 Å². The van der Waals surface area contributed by atoms with Crippen molar-refractivity contribution < 1.29 is 29.2 Å². The van der Waals surface area contributed by atoms with Gasteiger partial charge in [-0.2, -0.15) is 0 Å². The summed E-state index contributed by atoms with van der Waals surface area (Å²) in [4.78, 5) is 11.8. The zero-order valence-corrected chi connectivity index (χ0v) is 13.9. The van der Waals surface area contributed by atoms with Crippen LogP contribution in [0.5, 0.6) is 0 Å². The lowest BCUT2D eigenvalue weighted by Crippen LogP contribution is -2.64. The summed E-state index contributed by atoms with van der Waals surface area (Å²) in [5, 5.41) is 20.4. The van der Waals surface area contributed by atoms with E-state index < -0.39 is 41.8 Å². The highest BCUT2D eigenvalue weighted by Gasteiger charge is 2.52. The average molecular weight is 304 g/mol. The summed E-state index contributed by atoms with van der Waals surface area (Å²) < 4.78 is 16.6. The fourth-order valence-electron chi connectivity index (χ4n) is 2.10. The average Bonchev–Trinajstić information content (AvgIpc) is 2.28. The molecule has 1 saturated heterocycles. The third-order valence-corrected chi connectivity index (χ3v) is 3.23. The Kier molecular flexibility index (Phi) is 5.42. The zero-order valence-electron chi connectivity index (χ0n) is 13.9. The summed E-state index contributed by atoms with van der Waals surface area (Å²) in [6.45, 7) is 12.3. The molecule has 0 saturated carbocycles. The van der Waals surface area contributed by atoms with Crippen LogP contribution in [-0.4, -0.2) is 52.0 Å². The van der Waals surface area contributed by atoms with Gasteiger partial charge < -0.3 is 24.4 Å². The van der Waals surface area contributed by atoms with Crippen molar-refractivity contribution in [3.8, 4) is 0 Å². The molecule has 1 heterocycles. The van der Waals surface area contributed by atoms with Crippen molar-refractivity contribution in [1.29, 1.82) is 0 Å². The second-order valence-electron chi connectivity index (χ2n) is 7.31. The summed E-state index contributed by atoms with van der Waals surface area (Å²) >= 11 is 0. The number of hydrogen-bond acceptors (Lipinski definition) is 6. The van der Waals surface area contributed by atoms with Crippen molar-refractivity contribution in [2.45, 2.75) is 84.3 Å². The summed E-state index contributed by atoms with van der Waals surface area (Å²) in [6, 6.07) is 0. The van der Waals surface area contributed by atoms with Gasteiger partial charge in [0.05, 0.1) is 11.5 Å². The second-order valence-corrected chi connectivity index (χ2v) is 7.31. The first kappa shape index (κ1) is 18.4. The van der Waals surface area contributed by atoms with Gasteiger partial charge in [-0.3, -0.25) is 4.79 Å². The molecule has 1 aliphatic heterocycles. The number of aliphatic hydroxyl groups excluding tert-OH is 2. The quantitative estimate of drug-likeness (QED) is 0.763. The molecule has 0 radical (unpaired) electrons. The predicted octanol–water partition coefficient (Wildman–Crippen LogP) is 1.23. The fourth-order valence-corrected chi connectivity index (χ4v) is 2.10. The van der Waals surface area contributed by atoms with Crippen LogP contribution in [0, 0.1) is 5.92 Å². The molecule has 0 aliphatic carbocycles. The van der Waals surface area contributed by atoms with E-state index in [0.717, 1.165) is 0 Å². The molecule has 124 valence electrons. The van der Waals surface area contributed by atoms with Crippen LogP contribution < -0.4 is 0 Å². The van der Waals surface area contributed by atoms with E-state index in [4.69, 9.17) is 14.2 Å². The maximum atomic E-state index is 11.8. The smallest absolute Gasteiger partial charge is 0.308 e. The van der Waals surface area contributed by atoms with E-state index in [2.05, 4.69) is 0 Å². The maximum absolute atomic E-state index is 11.8. The lowest BCUT2D eigenvalue weighted by Gasteiger charge is -2.47. The van der Waals surface area contributed by atoms with Crippen molar-refractivity contribution in [2.24, 2.45) is 5.92 Å². The second kappa shape index (κ2) is 6.20. The van der Waals surface area contributed by atoms with Gasteiger partial charge in [-0.15, -0.1) is 0 Å². The molecule has 0 aromatic carbocycles. The molecule has 0 aromatic heterocycles. The number of aliphatic hydroxyl groups is 2. The standard InChI is InChI=1S/C15H28O6/c1-8(2)12(18)19-11-9(16)10(17)13(20-14(3,4)5)21-15(11,6)7/h8-11,13,16-17H,1-7H3/t9-,10+,11+,13-/m1/s1. The molecule has 4 atom stereocenters. The molecule has 1 fully saturated rings. The van der Waals surface area contributed by atoms with Crippen molar-refractivity contribution >= 4 is 5.97 Å². The van der Waals surface area contributed by atoms with Crippen LogP contribution in [0.1, 0.15) is 48.5 Å². The third kappa shape index (κ3) is 4.64. The lowest BCUT2D eigenvalue weighted by molar-refractivity contribution is -0.342. The van der Waals surface area contributed by atoms with Crippen molar-refractivity contribution in [3.63, 3.8) is 0 Å². The normalized spacial score (nSPS) is 33.0. The van der Waals surface area contributed by atoms with E-state index in [0.29, 0.717) is 0 Å². The number of rotatable bonds is 3. The number of hydrogen-bond donors (Lipinski definition) is 2. The Hall–Kier alpha value is -0.690. The van der Waals surface area contributed by atoms with Gasteiger partial charge >= 0.3 is 5.97 Å². The molecule has 2 N–H and O–H groups in total. The monoisotopic (exact) mass is 304 g/mol. The molecule has 0 bridgehead atoms. The van der Waals surface area contributed by atoms with Gasteiger partial charge in [-0.05, 0) is 34.6 Å². The number of carbonyl (C=O) groups is 1. The summed E-state index contributed by atoms with van der Waals surface area (Å²) in [5.41, 5.74) is -1.51. The predicted molar refractivity (Wildman–Crippen MR) is 76.5 cm³/mol. The van der Waals surface area contributed by atoms with Gasteiger partial charge in [0.1, 0.15) is 17.8 Å². The van der Waals surface area contributed by atoms with E-state index in [1.807, 2.05) is 20.8 Å².